The highest BCUT2D eigenvalue weighted by Gasteiger charge is 2.29. The summed E-state index contributed by atoms with van der Waals surface area (Å²) >= 11 is 0. The molecule has 0 heteroatoms. The maximum absolute atomic E-state index is 2.49. The lowest BCUT2D eigenvalue weighted by Gasteiger charge is -2.29. The molecule has 200 valence electrons. The molecule has 0 aromatic heterocycles. The highest BCUT2D eigenvalue weighted by molar-refractivity contribution is 5.86. The number of rotatable bonds is 3. The Bertz CT molecular complexity index is 1860. The molecule has 2 aliphatic carbocycles. The van der Waals surface area contributed by atoms with Crippen LogP contribution in [0.25, 0.3) is 17.2 Å². The molecule has 40 heavy (non-hydrogen) atoms. The van der Waals surface area contributed by atoms with Crippen LogP contribution in [-0.2, 0) is 10.8 Å². The van der Waals surface area contributed by atoms with E-state index in [0.29, 0.717) is 0 Å². The Hall–Kier alpha value is -3.90. The van der Waals surface area contributed by atoms with Gasteiger partial charge in [-0.2, -0.15) is 0 Å². The fourth-order valence-corrected chi connectivity index (χ4v) is 6.73. The maximum Gasteiger partial charge on any atom is -0.00172 e. The minimum Gasteiger partial charge on any atom is -0.0801 e. The fourth-order valence-electron chi connectivity index (χ4n) is 6.73. The van der Waals surface area contributed by atoms with Crippen molar-refractivity contribution in [3.63, 3.8) is 0 Å². The van der Waals surface area contributed by atoms with Crippen molar-refractivity contribution < 1.29 is 0 Å². The number of hydrogen-bond donors (Lipinski definition) is 0. The molecule has 0 atom stereocenters. The van der Waals surface area contributed by atoms with Crippen molar-refractivity contribution in [3.8, 4) is 0 Å². The van der Waals surface area contributed by atoms with Gasteiger partial charge in [-0.05, 0) is 101 Å². The highest BCUT2D eigenvalue weighted by Crippen LogP contribution is 2.39. The number of benzene rings is 4. The zero-order valence-electron chi connectivity index (χ0n) is 25.0. The molecule has 2 aliphatic rings. The average Bonchev–Trinajstić information content (AvgIpc) is 3.58. The van der Waals surface area contributed by atoms with E-state index >= 15 is 0 Å². The van der Waals surface area contributed by atoms with Crippen LogP contribution >= 0.6 is 0 Å². The normalized spacial score (nSPS) is 14.0. The standard InChI is InChI=1S/C40H40/c1-26-34(35(27-16-10-8-11-17-27)28-18-12-9-13-19-28)37-32-23-22-31(39(2,3)4)24-30(32)25-33(37)36(29-20-14-15-21-29)38(26)40(5,6)7/h8-20,22-25H,21H2,1-7H3. The minimum absolute atomic E-state index is 0.0235. The summed E-state index contributed by atoms with van der Waals surface area (Å²) in [4.78, 5) is 0. The van der Waals surface area contributed by atoms with Crippen LogP contribution in [-0.4, -0.2) is 0 Å². The predicted octanol–water partition coefficient (Wildman–Crippen LogP) is 8.61. The zero-order chi connectivity index (χ0) is 28.2. The Morgan fingerprint density at radius 3 is 1.88 bits per heavy atom. The lowest BCUT2D eigenvalue weighted by atomic mass is 9.75. The molecule has 0 heterocycles. The molecular weight excluding hydrogens is 480 g/mol. The van der Waals surface area contributed by atoms with E-state index in [0.717, 1.165) is 6.42 Å². The molecule has 0 fully saturated rings. The van der Waals surface area contributed by atoms with E-state index in [1.54, 1.807) is 0 Å². The van der Waals surface area contributed by atoms with Crippen molar-refractivity contribution >= 4 is 17.2 Å². The third kappa shape index (κ3) is 4.40. The van der Waals surface area contributed by atoms with Gasteiger partial charge in [0.25, 0.3) is 0 Å². The van der Waals surface area contributed by atoms with Crippen molar-refractivity contribution in [2.24, 2.45) is 0 Å². The van der Waals surface area contributed by atoms with Crippen LogP contribution in [0.4, 0.5) is 0 Å². The van der Waals surface area contributed by atoms with Gasteiger partial charge in [0.05, 0.1) is 0 Å². The van der Waals surface area contributed by atoms with Crippen molar-refractivity contribution in [1.29, 1.82) is 0 Å². The lowest BCUT2D eigenvalue weighted by molar-refractivity contribution is 0.583. The molecule has 6 rings (SSSR count). The summed E-state index contributed by atoms with van der Waals surface area (Å²) in [5, 5.41) is 5.43. The van der Waals surface area contributed by atoms with Gasteiger partial charge in [0.15, 0.2) is 0 Å². The van der Waals surface area contributed by atoms with Gasteiger partial charge in [-0.25, -0.2) is 0 Å². The van der Waals surface area contributed by atoms with Crippen LogP contribution in [0.15, 0.2) is 97.1 Å². The molecule has 0 radical (unpaired) electrons. The van der Waals surface area contributed by atoms with Gasteiger partial charge in [0, 0.05) is 0 Å². The molecule has 0 saturated heterocycles. The molecule has 0 bridgehead atoms. The third-order valence-corrected chi connectivity index (χ3v) is 8.49. The van der Waals surface area contributed by atoms with Crippen LogP contribution in [0.2, 0.25) is 0 Å². The van der Waals surface area contributed by atoms with Crippen molar-refractivity contribution in [3.05, 3.63) is 157 Å². The first-order valence-electron chi connectivity index (χ1n) is 14.6. The SMILES string of the molecule is Cc1c(C(C)(C)C)c(C2=CC=CC2)c2c(c1=C(c1ccccc1)c1ccccc1)=c1ccc(C(C)(C)C)cc1=C2. The van der Waals surface area contributed by atoms with Crippen molar-refractivity contribution in [1.82, 2.24) is 0 Å². The molecule has 0 nitrogen and oxygen atoms in total. The first-order valence-corrected chi connectivity index (χ1v) is 14.6. The first kappa shape index (κ1) is 26.3. The van der Waals surface area contributed by atoms with Crippen molar-refractivity contribution in [2.45, 2.75) is 65.7 Å². The summed E-state index contributed by atoms with van der Waals surface area (Å²) in [6, 6.07) is 29.1. The Kier molecular flexibility index (Phi) is 6.34. The van der Waals surface area contributed by atoms with E-state index in [1.165, 1.54) is 71.0 Å². The van der Waals surface area contributed by atoms with E-state index in [9.17, 15) is 0 Å². The summed E-state index contributed by atoms with van der Waals surface area (Å²) in [6.45, 7) is 16.4. The Balaban J connectivity index is 1.94. The molecule has 0 unspecified atom stereocenters. The lowest BCUT2D eigenvalue weighted by Crippen LogP contribution is -2.26. The van der Waals surface area contributed by atoms with Gasteiger partial charge in [-0.1, -0.05) is 139 Å². The van der Waals surface area contributed by atoms with Gasteiger partial charge < -0.3 is 0 Å². The number of hydrogen-bond acceptors (Lipinski definition) is 0. The van der Waals surface area contributed by atoms with Gasteiger partial charge in [0.2, 0.25) is 0 Å². The fraction of sp³-hybridized carbons (Fsp3) is 0.250. The third-order valence-electron chi connectivity index (χ3n) is 8.49. The second-order valence-electron chi connectivity index (χ2n) is 13.4. The highest BCUT2D eigenvalue weighted by atomic mass is 14.3. The predicted molar refractivity (Wildman–Crippen MR) is 172 cm³/mol. The monoisotopic (exact) mass is 520 g/mol. The van der Waals surface area contributed by atoms with E-state index in [4.69, 9.17) is 0 Å². The summed E-state index contributed by atoms with van der Waals surface area (Å²) in [5.41, 5.74) is 12.4. The first-order chi connectivity index (χ1) is 19.1. The minimum atomic E-state index is -0.0235. The molecular formula is C40H40. The molecule has 0 saturated carbocycles. The molecule has 0 amide bonds. The van der Waals surface area contributed by atoms with E-state index < -0.39 is 0 Å². The second-order valence-corrected chi connectivity index (χ2v) is 13.4. The molecule has 4 aromatic carbocycles. The summed E-state index contributed by atoms with van der Waals surface area (Å²) in [7, 11) is 0. The maximum atomic E-state index is 2.49. The zero-order valence-corrected chi connectivity index (χ0v) is 25.0. The number of allylic oxidation sites excluding steroid dienone is 4. The van der Waals surface area contributed by atoms with E-state index in [2.05, 4.69) is 152 Å². The van der Waals surface area contributed by atoms with E-state index in [-0.39, 0.29) is 10.8 Å². The molecule has 0 aliphatic heterocycles. The summed E-state index contributed by atoms with van der Waals surface area (Å²) in [5.74, 6) is 0. The molecule has 0 spiro atoms. The van der Waals surface area contributed by atoms with Gasteiger partial charge in [-0.15, -0.1) is 0 Å². The van der Waals surface area contributed by atoms with Gasteiger partial charge in [0.1, 0.15) is 0 Å². The van der Waals surface area contributed by atoms with E-state index in [1.807, 2.05) is 0 Å². The Morgan fingerprint density at radius 1 is 0.725 bits per heavy atom. The summed E-state index contributed by atoms with van der Waals surface area (Å²) in [6.07, 6.45) is 10.3. The van der Waals surface area contributed by atoms with Crippen LogP contribution in [0.3, 0.4) is 0 Å². The largest absolute Gasteiger partial charge is 0.0801 e. The summed E-state index contributed by atoms with van der Waals surface area (Å²) < 4.78 is 0. The van der Waals surface area contributed by atoms with Crippen LogP contribution in [0.1, 0.15) is 86.9 Å². The molecule has 0 N–H and O–H groups in total. The van der Waals surface area contributed by atoms with Crippen LogP contribution in [0.5, 0.6) is 0 Å². The van der Waals surface area contributed by atoms with Crippen molar-refractivity contribution in [2.75, 3.05) is 0 Å². The number of fused-ring (bicyclic) bond motifs is 2. The topological polar surface area (TPSA) is 0 Å². The Morgan fingerprint density at radius 2 is 1.35 bits per heavy atom. The Labute approximate surface area is 239 Å². The second kappa shape index (κ2) is 9.63. The van der Waals surface area contributed by atoms with Gasteiger partial charge in [-0.3, -0.25) is 0 Å². The molecule has 4 aromatic rings. The smallest absolute Gasteiger partial charge is 0.00172 e. The van der Waals surface area contributed by atoms with Crippen LogP contribution in [0, 0.1) is 17.4 Å². The average molecular weight is 521 g/mol. The quantitative estimate of drug-likeness (QED) is 0.223. The van der Waals surface area contributed by atoms with Gasteiger partial charge >= 0.3 is 0 Å². The van der Waals surface area contributed by atoms with Crippen LogP contribution < -0.4 is 10.4 Å².